The molecule has 1 aromatic rings. The molecular formula is C14H20ClN3O3S. The molecule has 1 amide bonds. The van der Waals surface area contributed by atoms with Crippen LogP contribution in [0.25, 0.3) is 0 Å². The first-order valence-electron chi connectivity index (χ1n) is 7.03. The molecule has 1 aliphatic rings. The number of nitrogens with zero attached hydrogens (tertiary/aromatic N) is 2. The first-order valence-corrected chi connectivity index (χ1v) is 9.06. The minimum atomic E-state index is -3.54. The number of anilines is 1. The maximum atomic E-state index is 12.1. The summed E-state index contributed by atoms with van der Waals surface area (Å²) in [6, 6.07) is 7.50. The molecule has 0 saturated carbocycles. The Hall–Kier alpha value is -1.31. The van der Waals surface area contributed by atoms with Crippen molar-refractivity contribution in [2.75, 3.05) is 37.3 Å². The zero-order valence-electron chi connectivity index (χ0n) is 12.6. The number of carbonyl (C=O) groups excluding carboxylic acids is 1. The number of rotatable bonds is 4. The first kappa shape index (κ1) is 17.1. The van der Waals surface area contributed by atoms with Gasteiger partial charge in [0.05, 0.1) is 0 Å². The topological polar surface area (TPSA) is 69.7 Å². The van der Waals surface area contributed by atoms with E-state index in [1.807, 2.05) is 31.2 Å². The Balaban J connectivity index is 2.02. The predicted octanol–water partition coefficient (Wildman–Crippen LogP) is 0.926. The number of nitrogens with one attached hydrogen (secondary N) is 1. The van der Waals surface area contributed by atoms with Crippen LogP contribution in [-0.2, 0) is 14.8 Å². The van der Waals surface area contributed by atoms with Crippen molar-refractivity contribution in [3.8, 4) is 0 Å². The third kappa shape index (κ3) is 4.12. The molecule has 2 rings (SSSR count). The number of carbonyl (C=O) groups is 1. The molecule has 6 nitrogen and oxygen atoms in total. The van der Waals surface area contributed by atoms with Gasteiger partial charge in [-0.3, -0.25) is 4.79 Å². The molecule has 1 saturated heterocycles. The van der Waals surface area contributed by atoms with Gasteiger partial charge < -0.3 is 9.80 Å². The SMILES string of the molecule is CNS(=O)(=O)CC(=O)N1CCN(c2cccc(Cl)c2)C[C@H]1C. The van der Waals surface area contributed by atoms with Crippen LogP contribution in [0.1, 0.15) is 6.92 Å². The summed E-state index contributed by atoms with van der Waals surface area (Å²) in [5.41, 5.74) is 1.01. The minimum absolute atomic E-state index is 0.0627. The lowest BCUT2D eigenvalue weighted by Gasteiger charge is -2.41. The molecule has 0 spiro atoms. The Morgan fingerprint density at radius 3 is 2.73 bits per heavy atom. The lowest BCUT2D eigenvalue weighted by Crippen LogP contribution is -2.55. The number of sulfonamides is 1. The van der Waals surface area contributed by atoms with Gasteiger partial charge in [0.15, 0.2) is 0 Å². The maximum Gasteiger partial charge on any atom is 0.239 e. The molecule has 0 radical (unpaired) electrons. The lowest BCUT2D eigenvalue weighted by atomic mass is 10.1. The smallest absolute Gasteiger partial charge is 0.239 e. The van der Waals surface area contributed by atoms with E-state index in [0.29, 0.717) is 24.7 Å². The summed E-state index contributed by atoms with van der Waals surface area (Å²) in [5, 5.41) is 0.670. The van der Waals surface area contributed by atoms with Gasteiger partial charge >= 0.3 is 0 Å². The summed E-state index contributed by atoms with van der Waals surface area (Å²) in [4.78, 5) is 15.9. The van der Waals surface area contributed by atoms with Crippen LogP contribution in [0.2, 0.25) is 5.02 Å². The molecule has 1 N–H and O–H groups in total. The van der Waals surface area contributed by atoms with Crippen molar-refractivity contribution in [3.05, 3.63) is 29.3 Å². The van der Waals surface area contributed by atoms with Gasteiger partial charge in [0.25, 0.3) is 0 Å². The average Bonchev–Trinajstić information content (AvgIpc) is 2.46. The number of hydrogen-bond acceptors (Lipinski definition) is 4. The predicted molar refractivity (Wildman–Crippen MR) is 87.7 cm³/mol. The van der Waals surface area contributed by atoms with Crippen molar-refractivity contribution in [3.63, 3.8) is 0 Å². The Morgan fingerprint density at radius 1 is 1.41 bits per heavy atom. The Kier molecular flexibility index (Phi) is 5.31. The molecule has 0 aromatic heterocycles. The van der Waals surface area contributed by atoms with Gasteiger partial charge in [0, 0.05) is 36.4 Å². The van der Waals surface area contributed by atoms with Gasteiger partial charge in [-0.15, -0.1) is 0 Å². The quantitative estimate of drug-likeness (QED) is 0.881. The number of hydrogen-bond donors (Lipinski definition) is 1. The van der Waals surface area contributed by atoms with Crippen molar-refractivity contribution in [2.24, 2.45) is 0 Å². The highest BCUT2D eigenvalue weighted by Crippen LogP contribution is 2.22. The molecule has 8 heteroatoms. The number of halogens is 1. The summed E-state index contributed by atoms with van der Waals surface area (Å²) in [6.45, 7) is 3.70. The second-order valence-corrected chi connectivity index (χ2v) is 7.69. The third-order valence-electron chi connectivity index (χ3n) is 3.75. The monoisotopic (exact) mass is 345 g/mol. The third-order valence-corrected chi connectivity index (χ3v) is 5.23. The number of amides is 1. The normalized spacial score (nSPS) is 19.3. The van der Waals surface area contributed by atoms with Crippen LogP contribution >= 0.6 is 11.6 Å². The molecule has 0 bridgehead atoms. The molecule has 1 atom stereocenters. The van der Waals surface area contributed by atoms with Gasteiger partial charge in [0.1, 0.15) is 5.75 Å². The van der Waals surface area contributed by atoms with E-state index in [-0.39, 0.29) is 11.9 Å². The van der Waals surface area contributed by atoms with Crippen LogP contribution in [-0.4, -0.2) is 57.7 Å². The summed E-state index contributed by atoms with van der Waals surface area (Å²) in [5.74, 6) is -0.877. The van der Waals surface area contributed by atoms with E-state index in [2.05, 4.69) is 9.62 Å². The molecule has 1 aliphatic heterocycles. The molecule has 122 valence electrons. The highest BCUT2D eigenvalue weighted by Gasteiger charge is 2.29. The molecule has 22 heavy (non-hydrogen) atoms. The van der Waals surface area contributed by atoms with Crippen LogP contribution in [0.4, 0.5) is 5.69 Å². The second-order valence-electron chi connectivity index (χ2n) is 5.33. The Labute approximate surface area is 136 Å². The van der Waals surface area contributed by atoms with E-state index >= 15 is 0 Å². The first-order chi connectivity index (χ1) is 10.3. The standard InChI is InChI=1S/C14H20ClN3O3S/c1-11-9-17(13-5-3-4-12(15)8-13)6-7-18(11)14(19)10-22(20,21)16-2/h3-5,8,11,16H,6-7,9-10H2,1-2H3/t11-/m1/s1. The second kappa shape index (κ2) is 6.85. The summed E-state index contributed by atoms with van der Waals surface area (Å²) in [7, 11) is -2.23. The van der Waals surface area contributed by atoms with Crippen LogP contribution in [0, 0.1) is 0 Å². The average molecular weight is 346 g/mol. The molecule has 0 aliphatic carbocycles. The van der Waals surface area contributed by atoms with Crippen molar-refractivity contribution >= 4 is 33.2 Å². The zero-order chi connectivity index (χ0) is 16.3. The van der Waals surface area contributed by atoms with E-state index in [1.165, 1.54) is 7.05 Å². The summed E-state index contributed by atoms with van der Waals surface area (Å²) < 4.78 is 25.2. The fraction of sp³-hybridized carbons (Fsp3) is 0.500. The van der Waals surface area contributed by atoms with Crippen LogP contribution < -0.4 is 9.62 Å². The number of piperazine rings is 1. The molecule has 1 aromatic carbocycles. The molecule has 0 unspecified atom stereocenters. The lowest BCUT2D eigenvalue weighted by molar-refractivity contribution is -0.130. The van der Waals surface area contributed by atoms with Crippen molar-refractivity contribution in [1.29, 1.82) is 0 Å². The minimum Gasteiger partial charge on any atom is -0.368 e. The van der Waals surface area contributed by atoms with Gasteiger partial charge in [0.2, 0.25) is 15.9 Å². The van der Waals surface area contributed by atoms with Gasteiger partial charge in [-0.2, -0.15) is 0 Å². The van der Waals surface area contributed by atoms with E-state index < -0.39 is 15.8 Å². The molecule has 1 fully saturated rings. The van der Waals surface area contributed by atoms with Crippen LogP contribution in [0.3, 0.4) is 0 Å². The van der Waals surface area contributed by atoms with Crippen LogP contribution in [0.15, 0.2) is 24.3 Å². The van der Waals surface area contributed by atoms with Crippen LogP contribution in [0.5, 0.6) is 0 Å². The van der Waals surface area contributed by atoms with Crippen molar-refractivity contribution in [1.82, 2.24) is 9.62 Å². The molecule has 1 heterocycles. The summed E-state index contributed by atoms with van der Waals surface area (Å²) in [6.07, 6.45) is 0. The van der Waals surface area contributed by atoms with E-state index in [4.69, 9.17) is 11.6 Å². The fourth-order valence-corrected chi connectivity index (χ4v) is 3.37. The van der Waals surface area contributed by atoms with E-state index in [9.17, 15) is 13.2 Å². The van der Waals surface area contributed by atoms with E-state index in [1.54, 1.807) is 4.90 Å². The van der Waals surface area contributed by atoms with Gasteiger partial charge in [-0.25, -0.2) is 13.1 Å². The number of benzene rings is 1. The van der Waals surface area contributed by atoms with E-state index in [0.717, 1.165) is 5.69 Å². The van der Waals surface area contributed by atoms with Crippen molar-refractivity contribution in [2.45, 2.75) is 13.0 Å². The maximum absolute atomic E-state index is 12.1. The Bertz CT molecular complexity index is 650. The fourth-order valence-electron chi connectivity index (χ4n) is 2.55. The zero-order valence-corrected chi connectivity index (χ0v) is 14.2. The van der Waals surface area contributed by atoms with Gasteiger partial charge in [-0.1, -0.05) is 17.7 Å². The highest BCUT2D eigenvalue weighted by molar-refractivity contribution is 7.90. The Morgan fingerprint density at radius 2 is 2.14 bits per heavy atom. The van der Waals surface area contributed by atoms with Gasteiger partial charge in [-0.05, 0) is 32.2 Å². The largest absolute Gasteiger partial charge is 0.368 e. The highest BCUT2D eigenvalue weighted by atomic mass is 35.5. The van der Waals surface area contributed by atoms with Crippen molar-refractivity contribution < 1.29 is 13.2 Å². The summed E-state index contributed by atoms with van der Waals surface area (Å²) >= 11 is 6.00. The molecular weight excluding hydrogens is 326 g/mol.